The molecular weight excluding hydrogens is 261 g/mol. The summed E-state index contributed by atoms with van der Waals surface area (Å²) in [5.41, 5.74) is -0.332. The van der Waals surface area contributed by atoms with E-state index in [9.17, 15) is 22.8 Å². The number of nitrogens with one attached hydrogen (secondary N) is 2. The molecule has 0 saturated carbocycles. The second kappa shape index (κ2) is 5.53. The molecule has 0 unspecified atom stereocenters. The van der Waals surface area contributed by atoms with E-state index in [1.54, 1.807) is 5.32 Å². The fourth-order valence-corrected chi connectivity index (χ4v) is 1.02. The third-order valence-corrected chi connectivity index (χ3v) is 1.86. The third-order valence-electron chi connectivity index (χ3n) is 1.62. The van der Waals surface area contributed by atoms with E-state index >= 15 is 0 Å². The van der Waals surface area contributed by atoms with Crippen LogP contribution in [-0.4, -0.2) is 17.8 Å². The Morgan fingerprint density at radius 2 is 1.71 bits per heavy atom. The maximum absolute atomic E-state index is 12.7. The molecule has 0 fully saturated rings. The molecule has 8 heteroatoms. The molecule has 0 heterocycles. The Labute approximate surface area is 98.7 Å². The van der Waals surface area contributed by atoms with Gasteiger partial charge in [0.1, 0.15) is 5.88 Å². The Balaban J connectivity index is 2.76. The molecule has 1 aromatic carbocycles. The van der Waals surface area contributed by atoms with Gasteiger partial charge in [-0.1, -0.05) is 0 Å². The van der Waals surface area contributed by atoms with Gasteiger partial charge in [0.25, 0.3) is 0 Å². The summed E-state index contributed by atoms with van der Waals surface area (Å²) in [6.45, 7) is 0. The zero-order chi connectivity index (χ0) is 13.0. The van der Waals surface area contributed by atoms with Crippen molar-refractivity contribution in [1.29, 1.82) is 0 Å². The fourth-order valence-electron chi connectivity index (χ4n) is 0.950. The topological polar surface area (TPSA) is 58.2 Å². The average molecular weight is 267 g/mol. The van der Waals surface area contributed by atoms with Gasteiger partial charge in [-0.15, -0.1) is 11.6 Å². The first-order valence-corrected chi connectivity index (χ1v) is 4.79. The van der Waals surface area contributed by atoms with Crippen molar-refractivity contribution in [2.24, 2.45) is 0 Å². The summed E-state index contributed by atoms with van der Waals surface area (Å²) in [5.74, 6) is -5.78. The molecule has 3 amide bonds. The highest BCUT2D eigenvalue weighted by Gasteiger charge is 2.12. The Morgan fingerprint density at radius 3 is 2.18 bits per heavy atom. The van der Waals surface area contributed by atoms with Crippen molar-refractivity contribution in [2.75, 3.05) is 11.2 Å². The molecule has 0 saturated heterocycles. The predicted octanol–water partition coefficient (Wildman–Crippen LogP) is 1.99. The minimum atomic E-state index is -1.65. The SMILES string of the molecule is O=C(CCl)NC(=O)Nc1cc(F)c(F)c(F)c1. The highest BCUT2D eigenvalue weighted by atomic mass is 35.5. The van der Waals surface area contributed by atoms with Crippen LogP contribution >= 0.6 is 11.6 Å². The maximum atomic E-state index is 12.7. The summed E-state index contributed by atoms with van der Waals surface area (Å²) in [6.07, 6.45) is 0. The molecule has 0 aromatic heterocycles. The summed E-state index contributed by atoms with van der Waals surface area (Å²) in [5, 5.41) is 3.71. The number of amides is 3. The molecule has 0 aliphatic carbocycles. The van der Waals surface area contributed by atoms with Crippen molar-refractivity contribution in [3.05, 3.63) is 29.6 Å². The number of halogens is 4. The summed E-state index contributed by atoms with van der Waals surface area (Å²) in [6, 6.07) is 0.118. The lowest BCUT2D eigenvalue weighted by Crippen LogP contribution is -2.35. The second-order valence-corrected chi connectivity index (χ2v) is 3.16. The van der Waals surface area contributed by atoms with Crippen LogP contribution in [0.5, 0.6) is 0 Å². The molecule has 1 aromatic rings. The lowest BCUT2D eigenvalue weighted by Gasteiger charge is -2.06. The zero-order valence-electron chi connectivity index (χ0n) is 8.19. The number of hydrogen-bond acceptors (Lipinski definition) is 2. The summed E-state index contributed by atoms with van der Waals surface area (Å²) in [7, 11) is 0. The van der Waals surface area contributed by atoms with E-state index < -0.39 is 35.3 Å². The van der Waals surface area contributed by atoms with Crippen LogP contribution < -0.4 is 10.6 Å². The number of imide groups is 1. The normalized spacial score (nSPS) is 9.88. The number of carbonyl (C=O) groups excluding carboxylic acids is 2. The van der Waals surface area contributed by atoms with E-state index in [-0.39, 0.29) is 5.69 Å². The third kappa shape index (κ3) is 3.63. The van der Waals surface area contributed by atoms with Gasteiger partial charge in [0.05, 0.1) is 0 Å². The fraction of sp³-hybridized carbons (Fsp3) is 0.111. The number of benzene rings is 1. The predicted molar refractivity (Wildman–Crippen MR) is 54.2 cm³/mol. The first kappa shape index (κ1) is 13.3. The highest BCUT2D eigenvalue weighted by Crippen LogP contribution is 2.17. The van der Waals surface area contributed by atoms with Crippen molar-refractivity contribution < 1.29 is 22.8 Å². The summed E-state index contributed by atoms with van der Waals surface area (Å²) < 4.78 is 38.1. The molecule has 0 aliphatic heterocycles. The van der Waals surface area contributed by atoms with E-state index in [1.807, 2.05) is 5.32 Å². The minimum Gasteiger partial charge on any atom is -0.307 e. The van der Waals surface area contributed by atoms with E-state index in [0.29, 0.717) is 12.1 Å². The van der Waals surface area contributed by atoms with Crippen LogP contribution in [0.1, 0.15) is 0 Å². The van der Waals surface area contributed by atoms with Crippen molar-refractivity contribution in [2.45, 2.75) is 0 Å². The van der Waals surface area contributed by atoms with Crippen LogP contribution in [0.25, 0.3) is 0 Å². The van der Waals surface area contributed by atoms with Crippen molar-refractivity contribution in [3.63, 3.8) is 0 Å². The molecule has 0 bridgehead atoms. The lowest BCUT2D eigenvalue weighted by atomic mass is 10.3. The van der Waals surface area contributed by atoms with Crippen LogP contribution in [0.3, 0.4) is 0 Å². The number of rotatable bonds is 2. The van der Waals surface area contributed by atoms with Gasteiger partial charge >= 0.3 is 6.03 Å². The summed E-state index contributed by atoms with van der Waals surface area (Å²) in [4.78, 5) is 21.7. The number of carbonyl (C=O) groups is 2. The first-order valence-electron chi connectivity index (χ1n) is 4.25. The van der Waals surface area contributed by atoms with Gasteiger partial charge in [0, 0.05) is 17.8 Å². The van der Waals surface area contributed by atoms with Crippen LogP contribution in [0.4, 0.5) is 23.7 Å². The molecule has 92 valence electrons. The van der Waals surface area contributed by atoms with Crippen LogP contribution in [0, 0.1) is 17.5 Å². The lowest BCUT2D eigenvalue weighted by molar-refractivity contribution is -0.117. The molecule has 4 nitrogen and oxygen atoms in total. The number of hydrogen-bond donors (Lipinski definition) is 2. The standard InChI is InChI=1S/C9H6ClF3N2O2/c10-3-7(16)15-9(17)14-4-1-5(11)8(13)6(12)2-4/h1-2H,3H2,(H2,14,15,16,17). The maximum Gasteiger partial charge on any atom is 0.325 e. The van der Waals surface area contributed by atoms with Gasteiger partial charge in [-0.3, -0.25) is 10.1 Å². The first-order chi connectivity index (χ1) is 7.93. The van der Waals surface area contributed by atoms with Crippen molar-refractivity contribution in [1.82, 2.24) is 5.32 Å². The molecule has 0 aliphatic rings. The molecule has 2 N–H and O–H groups in total. The van der Waals surface area contributed by atoms with E-state index in [1.165, 1.54) is 0 Å². The van der Waals surface area contributed by atoms with Crippen LogP contribution in [0.2, 0.25) is 0 Å². The molecule has 1 rings (SSSR count). The quantitative estimate of drug-likeness (QED) is 0.635. The highest BCUT2D eigenvalue weighted by molar-refractivity contribution is 6.28. The van der Waals surface area contributed by atoms with Crippen LogP contribution in [-0.2, 0) is 4.79 Å². The zero-order valence-corrected chi connectivity index (χ0v) is 8.95. The van der Waals surface area contributed by atoms with Gasteiger partial charge in [-0.05, 0) is 0 Å². The van der Waals surface area contributed by atoms with Crippen molar-refractivity contribution in [3.8, 4) is 0 Å². The monoisotopic (exact) mass is 266 g/mol. The Hall–Kier alpha value is -1.76. The van der Waals surface area contributed by atoms with Gasteiger partial charge in [-0.25, -0.2) is 18.0 Å². The average Bonchev–Trinajstić information content (AvgIpc) is 2.25. The Morgan fingerprint density at radius 1 is 1.18 bits per heavy atom. The number of urea groups is 1. The van der Waals surface area contributed by atoms with E-state index in [2.05, 4.69) is 0 Å². The number of alkyl halides is 1. The van der Waals surface area contributed by atoms with Gasteiger partial charge in [-0.2, -0.15) is 0 Å². The molecule has 17 heavy (non-hydrogen) atoms. The van der Waals surface area contributed by atoms with E-state index in [0.717, 1.165) is 0 Å². The Bertz CT molecular complexity index is 445. The Kier molecular flexibility index (Phi) is 4.33. The van der Waals surface area contributed by atoms with Crippen molar-refractivity contribution >= 4 is 29.2 Å². The minimum absolute atomic E-state index is 0.332. The van der Waals surface area contributed by atoms with E-state index in [4.69, 9.17) is 11.6 Å². The molecular formula is C9H6ClF3N2O2. The van der Waals surface area contributed by atoms with Gasteiger partial charge < -0.3 is 5.32 Å². The van der Waals surface area contributed by atoms with Gasteiger partial charge in [0.15, 0.2) is 17.5 Å². The smallest absolute Gasteiger partial charge is 0.307 e. The molecule has 0 radical (unpaired) electrons. The largest absolute Gasteiger partial charge is 0.325 e. The molecule has 0 spiro atoms. The molecule has 0 atom stereocenters. The van der Waals surface area contributed by atoms with Gasteiger partial charge in [0.2, 0.25) is 5.91 Å². The second-order valence-electron chi connectivity index (χ2n) is 2.89. The number of anilines is 1. The summed E-state index contributed by atoms with van der Waals surface area (Å²) >= 11 is 5.11. The van der Waals surface area contributed by atoms with Crippen LogP contribution in [0.15, 0.2) is 12.1 Å².